The maximum Gasteiger partial charge on any atom is 0.410 e. The minimum absolute atomic E-state index is 0.0247. The van der Waals surface area contributed by atoms with Crippen molar-refractivity contribution in [2.45, 2.75) is 12.7 Å². The monoisotopic (exact) mass is 391 g/mol. The van der Waals surface area contributed by atoms with Crippen molar-refractivity contribution in [1.29, 1.82) is 0 Å². The molecule has 2 aromatic heterocycles. The number of H-pyrrole nitrogens is 1. The highest BCUT2D eigenvalue weighted by Crippen LogP contribution is 2.22. The molecule has 0 aliphatic carbocycles. The summed E-state index contributed by atoms with van der Waals surface area (Å²) in [5, 5.41) is 0.0247. The predicted octanol–water partition coefficient (Wildman–Crippen LogP) is 2.86. The summed E-state index contributed by atoms with van der Waals surface area (Å²) in [5.74, 6) is 0.0207. The first-order valence-electron chi connectivity index (χ1n) is 8.23. The number of amides is 1. The lowest BCUT2D eigenvalue weighted by Crippen LogP contribution is -2.42. The SMILES string of the molecule is O=C(OCc1ccc(Cl)c(F)c1)N1CCO[C@H](c2nc3cncnc3[nH]2)C1. The molecular formula is C17H15ClFN5O3. The normalized spacial score (nSPS) is 17.3. The number of aromatic amines is 1. The van der Waals surface area contributed by atoms with Crippen LogP contribution in [-0.4, -0.2) is 50.6 Å². The van der Waals surface area contributed by atoms with Crippen LogP contribution in [0.1, 0.15) is 17.5 Å². The fourth-order valence-electron chi connectivity index (χ4n) is 2.78. The molecule has 0 spiro atoms. The van der Waals surface area contributed by atoms with Gasteiger partial charge in [-0.2, -0.15) is 0 Å². The lowest BCUT2D eigenvalue weighted by atomic mass is 10.2. The summed E-state index contributed by atoms with van der Waals surface area (Å²) in [6, 6.07) is 4.28. The number of hydrogen-bond acceptors (Lipinski definition) is 6. The number of aromatic nitrogens is 4. The Morgan fingerprint density at radius 3 is 3.19 bits per heavy atom. The molecule has 1 aliphatic rings. The minimum Gasteiger partial charge on any atom is -0.445 e. The van der Waals surface area contributed by atoms with E-state index >= 15 is 0 Å². The average molecular weight is 392 g/mol. The zero-order valence-corrected chi connectivity index (χ0v) is 14.8. The standard InChI is InChI=1S/C17H15ClFN5O3/c18-11-2-1-10(5-12(11)19)8-27-17(25)24-3-4-26-14(7-24)16-22-13-6-20-9-21-15(13)23-16/h1-2,5-6,9,14H,3-4,7-8H2,(H,20,21,22,23)/t14-/m0/s1. The molecular weight excluding hydrogens is 377 g/mol. The quantitative estimate of drug-likeness (QED) is 0.738. The highest BCUT2D eigenvalue weighted by Gasteiger charge is 2.28. The van der Waals surface area contributed by atoms with Gasteiger partial charge in [-0.05, 0) is 17.7 Å². The van der Waals surface area contributed by atoms with Gasteiger partial charge in [0.15, 0.2) is 5.65 Å². The zero-order valence-electron chi connectivity index (χ0n) is 14.1. The number of hydrogen-bond donors (Lipinski definition) is 1. The highest BCUT2D eigenvalue weighted by molar-refractivity contribution is 6.30. The van der Waals surface area contributed by atoms with Gasteiger partial charge in [-0.1, -0.05) is 17.7 Å². The lowest BCUT2D eigenvalue weighted by Gasteiger charge is -2.31. The molecule has 10 heteroatoms. The molecule has 4 rings (SSSR count). The van der Waals surface area contributed by atoms with Crippen molar-refractivity contribution in [3.8, 4) is 0 Å². The van der Waals surface area contributed by atoms with Gasteiger partial charge in [0.25, 0.3) is 0 Å². The van der Waals surface area contributed by atoms with Crippen LogP contribution in [0.2, 0.25) is 5.02 Å². The van der Waals surface area contributed by atoms with Gasteiger partial charge in [0.1, 0.15) is 36.2 Å². The number of carbonyl (C=O) groups excluding carboxylic acids is 1. The number of rotatable bonds is 3. The number of nitrogens with zero attached hydrogens (tertiary/aromatic N) is 4. The van der Waals surface area contributed by atoms with Crippen LogP contribution in [0.3, 0.4) is 0 Å². The van der Waals surface area contributed by atoms with Crippen LogP contribution in [0.15, 0.2) is 30.7 Å². The second kappa shape index (κ2) is 7.45. The summed E-state index contributed by atoms with van der Waals surface area (Å²) in [7, 11) is 0. The molecule has 1 aliphatic heterocycles. The fourth-order valence-corrected chi connectivity index (χ4v) is 2.90. The summed E-state index contributed by atoms with van der Waals surface area (Å²) in [6.07, 6.45) is 2.10. The molecule has 1 aromatic carbocycles. The van der Waals surface area contributed by atoms with Crippen molar-refractivity contribution in [2.24, 2.45) is 0 Å². The van der Waals surface area contributed by atoms with Gasteiger partial charge in [-0.3, -0.25) is 0 Å². The van der Waals surface area contributed by atoms with E-state index in [1.54, 1.807) is 12.3 Å². The smallest absolute Gasteiger partial charge is 0.410 e. The molecule has 140 valence electrons. The third kappa shape index (κ3) is 3.83. The number of halogens is 2. The van der Waals surface area contributed by atoms with E-state index in [9.17, 15) is 9.18 Å². The Morgan fingerprint density at radius 2 is 2.37 bits per heavy atom. The number of nitrogens with one attached hydrogen (secondary N) is 1. The van der Waals surface area contributed by atoms with Crippen molar-refractivity contribution in [3.05, 3.63) is 53.0 Å². The molecule has 1 N–H and O–H groups in total. The van der Waals surface area contributed by atoms with E-state index in [0.29, 0.717) is 35.7 Å². The lowest BCUT2D eigenvalue weighted by molar-refractivity contribution is -0.0330. The van der Waals surface area contributed by atoms with Crippen molar-refractivity contribution in [1.82, 2.24) is 24.8 Å². The predicted molar refractivity (Wildman–Crippen MR) is 93.5 cm³/mol. The van der Waals surface area contributed by atoms with Gasteiger partial charge in [-0.25, -0.2) is 24.1 Å². The number of benzene rings is 1. The summed E-state index contributed by atoms with van der Waals surface area (Å²) in [6.45, 7) is 0.971. The molecule has 0 bridgehead atoms. The molecule has 0 saturated carbocycles. The van der Waals surface area contributed by atoms with Crippen LogP contribution in [0.4, 0.5) is 9.18 Å². The average Bonchev–Trinajstić information content (AvgIpc) is 3.13. The van der Waals surface area contributed by atoms with Gasteiger partial charge in [0.05, 0.1) is 24.4 Å². The highest BCUT2D eigenvalue weighted by atomic mass is 35.5. The first-order valence-corrected chi connectivity index (χ1v) is 8.61. The Kier molecular flexibility index (Phi) is 4.87. The van der Waals surface area contributed by atoms with Gasteiger partial charge in [0, 0.05) is 6.54 Å². The van der Waals surface area contributed by atoms with E-state index in [2.05, 4.69) is 19.9 Å². The van der Waals surface area contributed by atoms with Gasteiger partial charge in [0.2, 0.25) is 0 Å². The zero-order chi connectivity index (χ0) is 18.8. The Balaban J connectivity index is 1.39. The summed E-state index contributed by atoms with van der Waals surface area (Å²) in [5.41, 5.74) is 1.75. The second-order valence-corrected chi connectivity index (χ2v) is 6.39. The summed E-state index contributed by atoms with van der Waals surface area (Å²) >= 11 is 5.65. The van der Waals surface area contributed by atoms with Crippen molar-refractivity contribution in [3.63, 3.8) is 0 Å². The Labute approximate surface area is 158 Å². The van der Waals surface area contributed by atoms with E-state index in [-0.39, 0.29) is 18.2 Å². The topological polar surface area (TPSA) is 93.2 Å². The number of carbonyl (C=O) groups is 1. The first-order chi connectivity index (χ1) is 13.1. The van der Waals surface area contributed by atoms with E-state index in [0.717, 1.165) is 0 Å². The van der Waals surface area contributed by atoms with E-state index in [1.165, 1.54) is 23.4 Å². The Morgan fingerprint density at radius 1 is 1.48 bits per heavy atom. The largest absolute Gasteiger partial charge is 0.445 e. The number of ether oxygens (including phenoxy) is 2. The number of morpholine rings is 1. The number of fused-ring (bicyclic) bond motifs is 1. The fraction of sp³-hybridized carbons (Fsp3) is 0.294. The van der Waals surface area contributed by atoms with E-state index < -0.39 is 18.0 Å². The molecule has 1 fully saturated rings. The van der Waals surface area contributed by atoms with Gasteiger partial charge in [-0.15, -0.1) is 0 Å². The third-order valence-electron chi connectivity index (χ3n) is 4.16. The Bertz CT molecular complexity index is 949. The molecule has 3 aromatic rings. The minimum atomic E-state index is -0.551. The van der Waals surface area contributed by atoms with Crippen LogP contribution >= 0.6 is 11.6 Å². The molecule has 3 heterocycles. The van der Waals surface area contributed by atoms with Crippen LogP contribution in [0.5, 0.6) is 0 Å². The van der Waals surface area contributed by atoms with Gasteiger partial charge < -0.3 is 19.4 Å². The molecule has 1 atom stereocenters. The van der Waals surface area contributed by atoms with Crippen LogP contribution < -0.4 is 0 Å². The second-order valence-electron chi connectivity index (χ2n) is 5.99. The molecule has 1 amide bonds. The van der Waals surface area contributed by atoms with Crippen LogP contribution in [0, 0.1) is 5.82 Å². The van der Waals surface area contributed by atoms with E-state index in [4.69, 9.17) is 21.1 Å². The van der Waals surface area contributed by atoms with Crippen molar-refractivity contribution in [2.75, 3.05) is 19.7 Å². The van der Waals surface area contributed by atoms with Gasteiger partial charge >= 0.3 is 6.09 Å². The maximum atomic E-state index is 13.5. The van der Waals surface area contributed by atoms with Crippen LogP contribution in [-0.2, 0) is 16.1 Å². The molecule has 0 unspecified atom stereocenters. The van der Waals surface area contributed by atoms with Crippen molar-refractivity contribution >= 4 is 28.9 Å². The Hall–Kier alpha value is -2.78. The molecule has 1 saturated heterocycles. The molecule has 27 heavy (non-hydrogen) atoms. The third-order valence-corrected chi connectivity index (χ3v) is 4.46. The van der Waals surface area contributed by atoms with Crippen molar-refractivity contribution < 1.29 is 18.7 Å². The summed E-state index contributed by atoms with van der Waals surface area (Å²) in [4.78, 5) is 29.4. The first kappa shape index (κ1) is 17.6. The summed E-state index contributed by atoms with van der Waals surface area (Å²) < 4.78 is 24.5. The maximum absolute atomic E-state index is 13.5. The van der Waals surface area contributed by atoms with E-state index in [1.807, 2.05) is 0 Å². The molecule has 8 nitrogen and oxygen atoms in total. The number of imidazole rings is 1. The van der Waals surface area contributed by atoms with Crippen LogP contribution in [0.25, 0.3) is 11.2 Å². The molecule has 0 radical (unpaired) electrons.